The molecule has 3 saturated heterocycles. The number of likely N-dealkylation sites (tertiary alicyclic amines) is 2. The van der Waals surface area contributed by atoms with Crippen molar-refractivity contribution in [1.29, 1.82) is 0 Å². The highest BCUT2D eigenvalue weighted by Crippen LogP contribution is 2.24. The number of nitrogens with zero attached hydrogens (tertiary/aromatic N) is 2. The van der Waals surface area contributed by atoms with Crippen molar-refractivity contribution in [3.63, 3.8) is 0 Å². The lowest BCUT2D eigenvalue weighted by Crippen LogP contribution is -2.49. The highest BCUT2D eigenvalue weighted by Gasteiger charge is 2.30. The van der Waals surface area contributed by atoms with Crippen LogP contribution in [0.15, 0.2) is 30.3 Å². The molecule has 1 aromatic carbocycles. The molecule has 3 aliphatic rings. The first-order valence-electron chi connectivity index (χ1n) is 12.6. The molecular formula is C26H41N3O2. The molecule has 3 aliphatic heterocycles. The minimum atomic E-state index is 0.217. The number of aryl methyl sites for hydroxylation is 1. The SMILES string of the molecule is O=C(NCC1CCOCC1)C1CCN(C2CCN(CCCc3ccccc3)CC2)CC1. The molecule has 4 rings (SSSR count). The Bertz CT molecular complexity index is 646. The van der Waals surface area contributed by atoms with Crippen LogP contribution >= 0.6 is 0 Å². The minimum Gasteiger partial charge on any atom is -0.381 e. The van der Waals surface area contributed by atoms with E-state index in [2.05, 4.69) is 45.4 Å². The van der Waals surface area contributed by atoms with Crippen LogP contribution in [0.5, 0.6) is 0 Å². The summed E-state index contributed by atoms with van der Waals surface area (Å²) in [5.74, 6) is 1.12. The Hall–Kier alpha value is -1.43. The number of nitrogens with one attached hydrogen (secondary N) is 1. The summed E-state index contributed by atoms with van der Waals surface area (Å²) in [5.41, 5.74) is 1.46. The van der Waals surface area contributed by atoms with Gasteiger partial charge in [-0.3, -0.25) is 4.79 Å². The lowest BCUT2D eigenvalue weighted by molar-refractivity contribution is -0.127. The van der Waals surface area contributed by atoms with Gasteiger partial charge in [-0.05, 0) is 95.6 Å². The molecule has 1 N–H and O–H groups in total. The van der Waals surface area contributed by atoms with Crippen LogP contribution in [0.2, 0.25) is 0 Å². The maximum absolute atomic E-state index is 12.6. The Morgan fingerprint density at radius 1 is 0.935 bits per heavy atom. The monoisotopic (exact) mass is 427 g/mol. The molecule has 0 aliphatic carbocycles. The fraction of sp³-hybridized carbons (Fsp3) is 0.731. The maximum atomic E-state index is 12.6. The van der Waals surface area contributed by atoms with E-state index in [4.69, 9.17) is 4.74 Å². The van der Waals surface area contributed by atoms with Crippen LogP contribution in [0.3, 0.4) is 0 Å². The van der Waals surface area contributed by atoms with Crippen molar-refractivity contribution in [2.45, 2.75) is 57.4 Å². The molecule has 0 radical (unpaired) electrons. The number of carbonyl (C=O) groups excluding carboxylic acids is 1. The maximum Gasteiger partial charge on any atom is 0.223 e. The molecule has 0 spiro atoms. The summed E-state index contributed by atoms with van der Waals surface area (Å²) in [6.45, 7) is 8.40. The summed E-state index contributed by atoms with van der Waals surface area (Å²) in [5, 5.41) is 3.23. The number of hydrogen-bond acceptors (Lipinski definition) is 4. The Labute approximate surface area is 188 Å². The first-order valence-corrected chi connectivity index (χ1v) is 12.6. The standard InChI is InChI=1S/C26H41N3O2/c30-26(27-21-23-12-19-31-20-13-23)24-8-17-29(18-9-24)25-10-15-28(16-11-25)14-4-7-22-5-2-1-3-6-22/h1-3,5-6,23-25H,4,7-21H2,(H,27,30). The van der Waals surface area contributed by atoms with Gasteiger partial charge in [-0.1, -0.05) is 30.3 Å². The fourth-order valence-electron chi connectivity index (χ4n) is 5.53. The summed E-state index contributed by atoms with van der Waals surface area (Å²) >= 11 is 0. The number of carbonyl (C=O) groups is 1. The van der Waals surface area contributed by atoms with Crippen LogP contribution in [-0.4, -0.2) is 74.2 Å². The van der Waals surface area contributed by atoms with E-state index < -0.39 is 0 Å². The van der Waals surface area contributed by atoms with Crippen molar-refractivity contribution in [2.75, 3.05) is 52.5 Å². The topological polar surface area (TPSA) is 44.8 Å². The van der Waals surface area contributed by atoms with Crippen molar-refractivity contribution in [1.82, 2.24) is 15.1 Å². The quantitative estimate of drug-likeness (QED) is 0.691. The number of rotatable bonds is 8. The van der Waals surface area contributed by atoms with Gasteiger partial charge in [0.2, 0.25) is 5.91 Å². The van der Waals surface area contributed by atoms with Crippen molar-refractivity contribution in [3.8, 4) is 0 Å². The molecule has 172 valence electrons. The molecule has 0 aromatic heterocycles. The first-order chi connectivity index (χ1) is 15.3. The molecule has 0 unspecified atom stereocenters. The third-order valence-electron chi connectivity index (χ3n) is 7.66. The van der Waals surface area contributed by atoms with Gasteiger partial charge >= 0.3 is 0 Å². The van der Waals surface area contributed by atoms with E-state index in [1.807, 2.05) is 0 Å². The molecule has 1 amide bonds. The highest BCUT2D eigenvalue weighted by atomic mass is 16.5. The van der Waals surface area contributed by atoms with Crippen LogP contribution < -0.4 is 5.32 Å². The average molecular weight is 428 g/mol. The normalized spacial score (nSPS) is 23.1. The second kappa shape index (κ2) is 12.0. The molecule has 0 bridgehead atoms. The van der Waals surface area contributed by atoms with Crippen LogP contribution in [0.25, 0.3) is 0 Å². The second-order valence-electron chi connectivity index (χ2n) is 9.77. The fourth-order valence-corrected chi connectivity index (χ4v) is 5.53. The van der Waals surface area contributed by atoms with Crippen LogP contribution in [-0.2, 0) is 16.0 Å². The van der Waals surface area contributed by atoms with Crippen molar-refractivity contribution < 1.29 is 9.53 Å². The number of piperidine rings is 2. The smallest absolute Gasteiger partial charge is 0.223 e. The molecule has 5 heteroatoms. The number of ether oxygens (including phenoxy) is 1. The van der Waals surface area contributed by atoms with Gasteiger partial charge < -0.3 is 19.9 Å². The van der Waals surface area contributed by atoms with E-state index in [1.54, 1.807) is 0 Å². The van der Waals surface area contributed by atoms with E-state index in [1.165, 1.54) is 50.9 Å². The van der Waals surface area contributed by atoms with Crippen molar-refractivity contribution in [3.05, 3.63) is 35.9 Å². The van der Waals surface area contributed by atoms with E-state index in [0.29, 0.717) is 11.8 Å². The van der Waals surface area contributed by atoms with Gasteiger partial charge in [0.25, 0.3) is 0 Å². The van der Waals surface area contributed by atoms with Gasteiger partial charge in [-0.15, -0.1) is 0 Å². The molecule has 0 atom stereocenters. The van der Waals surface area contributed by atoms with Gasteiger partial charge in [-0.25, -0.2) is 0 Å². The summed E-state index contributed by atoms with van der Waals surface area (Å²) < 4.78 is 5.42. The Kier molecular flexibility index (Phi) is 8.80. The lowest BCUT2D eigenvalue weighted by Gasteiger charge is -2.41. The zero-order valence-corrected chi connectivity index (χ0v) is 19.1. The molecule has 5 nitrogen and oxygen atoms in total. The third-order valence-corrected chi connectivity index (χ3v) is 7.66. The average Bonchev–Trinajstić information content (AvgIpc) is 2.84. The molecule has 3 fully saturated rings. The predicted molar refractivity (Wildman–Crippen MR) is 125 cm³/mol. The van der Waals surface area contributed by atoms with Gasteiger partial charge in [-0.2, -0.15) is 0 Å². The lowest BCUT2D eigenvalue weighted by atomic mass is 9.92. The molecule has 31 heavy (non-hydrogen) atoms. The highest BCUT2D eigenvalue weighted by molar-refractivity contribution is 5.78. The van der Waals surface area contributed by atoms with E-state index in [-0.39, 0.29) is 5.92 Å². The third kappa shape index (κ3) is 7.03. The van der Waals surface area contributed by atoms with Gasteiger partial charge in [0.05, 0.1) is 0 Å². The van der Waals surface area contributed by atoms with Crippen molar-refractivity contribution in [2.24, 2.45) is 11.8 Å². The van der Waals surface area contributed by atoms with Crippen LogP contribution in [0.4, 0.5) is 0 Å². The molecule has 1 aromatic rings. The zero-order chi connectivity index (χ0) is 21.3. The Morgan fingerprint density at radius 2 is 1.65 bits per heavy atom. The molecule has 3 heterocycles. The first kappa shape index (κ1) is 22.8. The summed E-state index contributed by atoms with van der Waals surface area (Å²) in [4.78, 5) is 17.9. The summed E-state index contributed by atoms with van der Waals surface area (Å²) in [6, 6.07) is 11.6. The Balaban J connectivity index is 1.09. The molecular weight excluding hydrogens is 386 g/mol. The van der Waals surface area contributed by atoms with Crippen LogP contribution in [0, 0.1) is 11.8 Å². The zero-order valence-electron chi connectivity index (χ0n) is 19.1. The minimum absolute atomic E-state index is 0.217. The predicted octanol–water partition coefficient (Wildman–Crippen LogP) is 3.34. The number of hydrogen-bond donors (Lipinski definition) is 1. The largest absolute Gasteiger partial charge is 0.381 e. The summed E-state index contributed by atoms with van der Waals surface area (Å²) in [6.07, 6.45) is 9.23. The van der Waals surface area contributed by atoms with E-state index in [9.17, 15) is 4.79 Å². The number of benzene rings is 1. The van der Waals surface area contributed by atoms with E-state index in [0.717, 1.165) is 64.6 Å². The van der Waals surface area contributed by atoms with Crippen molar-refractivity contribution >= 4 is 5.91 Å². The summed E-state index contributed by atoms with van der Waals surface area (Å²) in [7, 11) is 0. The van der Waals surface area contributed by atoms with E-state index >= 15 is 0 Å². The molecule has 0 saturated carbocycles. The van der Waals surface area contributed by atoms with Gasteiger partial charge in [0.1, 0.15) is 0 Å². The van der Waals surface area contributed by atoms with Crippen LogP contribution in [0.1, 0.15) is 50.5 Å². The number of amides is 1. The Morgan fingerprint density at radius 3 is 2.35 bits per heavy atom. The van der Waals surface area contributed by atoms with Gasteiger partial charge in [0.15, 0.2) is 0 Å². The second-order valence-corrected chi connectivity index (χ2v) is 9.77. The van der Waals surface area contributed by atoms with Gasteiger partial charge in [0, 0.05) is 31.7 Å².